The lowest BCUT2D eigenvalue weighted by Crippen LogP contribution is -2.50. The minimum atomic E-state index is -0.868. The van der Waals surface area contributed by atoms with Crippen LogP contribution in [0.1, 0.15) is 296 Å². The van der Waals surface area contributed by atoms with Gasteiger partial charge in [-0.15, -0.1) is 0 Å². The summed E-state index contributed by atoms with van der Waals surface area (Å²) in [4.78, 5) is 37.3. The highest BCUT2D eigenvalue weighted by atomic mass is 16.6. The van der Waals surface area contributed by atoms with E-state index in [1.165, 1.54) is 225 Å². The third-order valence-corrected chi connectivity index (χ3v) is 13.5. The number of nitrogens with zero attached hydrogens (tertiary/aromatic N) is 1. The number of hydrogen-bond donors (Lipinski definition) is 1. The zero-order chi connectivity index (χ0) is 47.7. The van der Waals surface area contributed by atoms with Crippen LogP contribution < -0.4 is 0 Å². The van der Waals surface area contributed by atoms with Crippen LogP contribution in [0, 0.1) is 0 Å². The molecule has 0 bridgehead atoms. The van der Waals surface area contributed by atoms with Crippen LogP contribution in [0.2, 0.25) is 0 Å². The van der Waals surface area contributed by atoms with E-state index in [-0.39, 0.29) is 36.2 Å². The number of aliphatic carboxylic acids is 1. The molecule has 386 valence electrons. The Labute approximate surface area is 404 Å². The van der Waals surface area contributed by atoms with Crippen molar-refractivity contribution in [2.75, 3.05) is 41.0 Å². The summed E-state index contributed by atoms with van der Waals surface area (Å²) in [6.45, 7) is 4.82. The van der Waals surface area contributed by atoms with E-state index < -0.39 is 18.1 Å². The topological polar surface area (TPSA) is 99.1 Å². The minimum absolute atomic E-state index is 0.0409. The number of unbranched alkanes of at least 4 members (excludes halogenated alkanes) is 39. The van der Waals surface area contributed by atoms with Crippen molar-refractivity contribution in [1.82, 2.24) is 0 Å². The average molecular weight is 924 g/mol. The van der Waals surface area contributed by atoms with Gasteiger partial charge in [0.2, 0.25) is 0 Å². The molecule has 65 heavy (non-hydrogen) atoms. The molecule has 1 N–H and O–H groups in total. The largest absolute Gasteiger partial charge is 0.477 e. The molecule has 0 radical (unpaired) electrons. The Morgan fingerprint density at radius 3 is 0.954 bits per heavy atom. The molecule has 0 aromatic carbocycles. The second kappa shape index (κ2) is 48.8. The molecule has 0 saturated carbocycles. The molecular weight excluding hydrogens is 811 g/mol. The molecule has 0 aliphatic heterocycles. The molecule has 0 amide bonds. The summed E-state index contributed by atoms with van der Waals surface area (Å²) in [5, 5.41) is 9.67. The third-order valence-electron chi connectivity index (χ3n) is 13.5. The van der Waals surface area contributed by atoms with E-state index >= 15 is 0 Å². The minimum Gasteiger partial charge on any atom is -0.477 e. The number of ether oxygens (including phenoxy) is 3. The molecular formula is C57H112NO7+. The van der Waals surface area contributed by atoms with Gasteiger partial charge in [-0.05, 0) is 12.8 Å². The van der Waals surface area contributed by atoms with Crippen LogP contribution in [-0.4, -0.2) is 80.6 Å². The van der Waals surface area contributed by atoms with Crippen LogP contribution in [0.4, 0.5) is 0 Å². The molecule has 0 fully saturated rings. The summed E-state index contributed by atoms with van der Waals surface area (Å²) in [6, 6.07) is -0.609. The fraction of sp³-hybridized carbons (Fsp3) is 0.947. The van der Waals surface area contributed by atoms with Gasteiger partial charge in [-0.2, -0.15) is 0 Å². The van der Waals surface area contributed by atoms with Gasteiger partial charge in [0.25, 0.3) is 0 Å². The van der Waals surface area contributed by atoms with E-state index in [1.807, 2.05) is 21.1 Å². The first-order chi connectivity index (χ1) is 31.6. The van der Waals surface area contributed by atoms with Crippen molar-refractivity contribution < 1.29 is 38.2 Å². The van der Waals surface area contributed by atoms with Crippen molar-refractivity contribution >= 4 is 17.9 Å². The summed E-state index contributed by atoms with van der Waals surface area (Å²) in [6.07, 6.45) is 54.5. The highest BCUT2D eigenvalue weighted by Crippen LogP contribution is 2.18. The molecule has 0 aromatic rings. The zero-order valence-corrected chi connectivity index (χ0v) is 44.2. The van der Waals surface area contributed by atoms with Crippen molar-refractivity contribution in [3.63, 3.8) is 0 Å². The molecule has 2 atom stereocenters. The fourth-order valence-electron chi connectivity index (χ4n) is 9.10. The lowest BCUT2D eigenvalue weighted by atomic mass is 10.0. The molecule has 2 unspecified atom stereocenters. The molecule has 0 aliphatic carbocycles. The van der Waals surface area contributed by atoms with Crippen LogP contribution in [0.25, 0.3) is 0 Å². The predicted molar refractivity (Wildman–Crippen MR) is 276 cm³/mol. The van der Waals surface area contributed by atoms with Crippen LogP contribution in [-0.2, 0) is 28.6 Å². The van der Waals surface area contributed by atoms with E-state index in [0.717, 1.165) is 38.5 Å². The van der Waals surface area contributed by atoms with Crippen LogP contribution in [0.15, 0.2) is 0 Å². The Balaban J connectivity index is 4.11. The maximum Gasteiger partial charge on any atom is 0.362 e. The SMILES string of the molecule is CCCCCCCCCCCCCCCCCCCCCCCCC(=O)OCC(COCCC(C(=O)O)[N+](C)(C)C)OC(=O)CCCCCCCCCCCCCCCCCCCCC. The summed E-state index contributed by atoms with van der Waals surface area (Å²) >= 11 is 0. The number of quaternary nitrogens is 1. The van der Waals surface area contributed by atoms with Gasteiger partial charge in [0.05, 0.1) is 34.4 Å². The lowest BCUT2D eigenvalue weighted by Gasteiger charge is -2.31. The number of rotatable bonds is 53. The smallest absolute Gasteiger partial charge is 0.362 e. The number of carboxylic acids is 1. The quantitative estimate of drug-likeness (QED) is 0.0368. The second-order valence-electron chi connectivity index (χ2n) is 20.9. The standard InChI is InChI=1S/C57H111NO7/c1-6-8-10-12-14-16-18-20-22-24-26-27-28-30-31-33-35-37-39-41-43-45-47-55(59)64-52-53(51-63-50-49-54(57(61)62)58(3,4)5)65-56(60)48-46-44-42-40-38-36-34-32-29-25-23-21-19-17-15-13-11-9-7-2/h53-54H,6-52H2,1-5H3/p+1. The van der Waals surface area contributed by atoms with Crippen molar-refractivity contribution in [3.8, 4) is 0 Å². The fourth-order valence-corrected chi connectivity index (χ4v) is 9.10. The normalized spacial score (nSPS) is 12.7. The van der Waals surface area contributed by atoms with Gasteiger partial charge in [-0.3, -0.25) is 9.59 Å². The number of hydrogen-bond acceptors (Lipinski definition) is 6. The Morgan fingerprint density at radius 2 is 0.677 bits per heavy atom. The second-order valence-corrected chi connectivity index (χ2v) is 20.9. The average Bonchev–Trinajstić information content (AvgIpc) is 3.27. The van der Waals surface area contributed by atoms with E-state index in [4.69, 9.17) is 14.2 Å². The van der Waals surface area contributed by atoms with Gasteiger partial charge in [0.1, 0.15) is 6.61 Å². The van der Waals surface area contributed by atoms with Gasteiger partial charge >= 0.3 is 17.9 Å². The Bertz CT molecular complexity index is 1030. The summed E-state index contributed by atoms with van der Waals surface area (Å²) in [7, 11) is 5.56. The predicted octanol–water partition coefficient (Wildman–Crippen LogP) is 16.8. The van der Waals surface area contributed by atoms with Crippen LogP contribution in [0.5, 0.6) is 0 Å². The summed E-state index contributed by atoms with van der Waals surface area (Å²) in [5.41, 5.74) is 0. The highest BCUT2D eigenvalue weighted by Gasteiger charge is 2.31. The van der Waals surface area contributed by atoms with E-state index in [0.29, 0.717) is 19.3 Å². The lowest BCUT2D eigenvalue weighted by molar-refractivity contribution is -0.887. The van der Waals surface area contributed by atoms with Crippen LogP contribution >= 0.6 is 0 Å². The van der Waals surface area contributed by atoms with Gasteiger partial charge in [0.15, 0.2) is 12.1 Å². The monoisotopic (exact) mass is 923 g/mol. The molecule has 0 aliphatic rings. The number of likely N-dealkylation sites (N-methyl/N-ethyl adjacent to an activating group) is 1. The van der Waals surface area contributed by atoms with Crippen LogP contribution in [0.3, 0.4) is 0 Å². The first kappa shape index (κ1) is 63.3. The Kier molecular flexibility index (Phi) is 47.5. The molecule has 0 rings (SSSR count). The summed E-state index contributed by atoms with van der Waals surface area (Å²) in [5.74, 6) is -1.43. The number of carbonyl (C=O) groups is 3. The molecule has 0 spiro atoms. The molecule has 8 nitrogen and oxygen atoms in total. The summed E-state index contributed by atoms with van der Waals surface area (Å²) < 4.78 is 17.4. The Morgan fingerprint density at radius 1 is 0.400 bits per heavy atom. The molecule has 0 aromatic heterocycles. The van der Waals surface area contributed by atoms with Crippen molar-refractivity contribution in [2.24, 2.45) is 0 Å². The van der Waals surface area contributed by atoms with Gasteiger partial charge in [0, 0.05) is 19.3 Å². The maximum absolute atomic E-state index is 12.8. The van der Waals surface area contributed by atoms with Gasteiger partial charge in [-0.1, -0.05) is 264 Å². The van der Waals surface area contributed by atoms with Gasteiger partial charge < -0.3 is 23.8 Å². The highest BCUT2D eigenvalue weighted by molar-refractivity contribution is 5.72. The number of carboxylic acid groups (broad SMARTS) is 1. The maximum atomic E-state index is 12.8. The van der Waals surface area contributed by atoms with E-state index in [9.17, 15) is 19.5 Å². The molecule has 0 heterocycles. The van der Waals surface area contributed by atoms with Crippen molar-refractivity contribution in [3.05, 3.63) is 0 Å². The van der Waals surface area contributed by atoms with Crippen molar-refractivity contribution in [1.29, 1.82) is 0 Å². The zero-order valence-electron chi connectivity index (χ0n) is 44.2. The number of carbonyl (C=O) groups excluding carboxylic acids is 2. The van der Waals surface area contributed by atoms with Crippen molar-refractivity contribution in [2.45, 2.75) is 309 Å². The Hall–Kier alpha value is -1.67. The third kappa shape index (κ3) is 47.2. The number of esters is 2. The van der Waals surface area contributed by atoms with E-state index in [1.54, 1.807) is 0 Å². The molecule has 0 saturated heterocycles. The van der Waals surface area contributed by atoms with Gasteiger partial charge in [-0.25, -0.2) is 4.79 Å². The van der Waals surface area contributed by atoms with E-state index in [2.05, 4.69) is 13.8 Å². The first-order valence-corrected chi connectivity index (χ1v) is 28.6. The molecule has 8 heteroatoms. The first-order valence-electron chi connectivity index (χ1n) is 28.6.